The Morgan fingerprint density at radius 1 is 1.43 bits per heavy atom. The summed E-state index contributed by atoms with van der Waals surface area (Å²) >= 11 is 0. The number of likely N-dealkylation sites (tertiary alicyclic amines) is 1. The zero-order valence-electron chi connectivity index (χ0n) is 9.02. The number of rotatable bonds is 7. The molecule has 4 heteroatoms. The molecule has 1 heterocycles. The van der Waals surface area contributed by atoms with Crippen LogP contribution in [0.2, 0.25) is 0 Å². The lowest BCUT2D eigenvalue weighted by Gasteiger charge is -2.33. The average Bonchev–Trinajstić information content (AvgIpc) is 2.11. The van der Waals surface area contributed by atoms with E-state index in [1.54, 1.807) is 0 Å². The Morgan fingerprint density at radius 3 is 2.57 bits per heavy atom. The van der Waals surface area contributed by atoms with Crippen molar-refractivity contribution >= 4 is 0 Å². The van der Waals surface area contributed by atoms with Crippen LogP contribution in [0.1, 0.15) is 13.3 Å². The molecule has 0 aromatic carbocycles. The molecular weight excluding hydrogens is 180 g/mol. The van der Waals surface area contributed by atoms with E-state index in [2.05, 4.69) is 9.80 Å². The Kier molecular flexibility index (Phi) is 5.40. The van der Waals surface area contributed by atoms with Crippen molar-refractivity contribution < 1.29 is 10.2 Å². The number of hydrogen-bond acceptors (Lipinski definition) is 4. The maximum absolute atomic E-state index is 9.75. The van der Waals surface area contributed by atoms with E-state index < -0.39 is 0 Å². The van der Waals surface area contributed by atoms with Crippen LogP contribution < -0.4 is 0 Å². The summed E-state index contributed by atoms with van der Waals surface area (Å²) < 4.78 is 0. The van der Waals surface area contributed by atoms with Gasteiger partial charge in [0.05, 0.1) is 12.7 Å². The summed E-state index contributed by atoms with van der Waals surface area (Å²) in [7, 11) is 0. The third-order valence-corrected chi connectivity index (χ3v) is 2.75. The maximum atomic E-state index is 9.75. The van der Waals surface area contributed by atoms with Gasteiger partial charge in [-0.1, -0.05) is 6.92 Å². The van der Waals surface area contributed by atoms with Crippen LogP contribution in [0.25, 0.3) is 0 Å². The molecule has 1 unspecified atom stereocenters. The monoisotopic (exact) mass is 202 g/mol. The van der Waals surface area contributed by atoms with Gasteiger partial charge in [0.2, 0.25) is 0 Å². The van der Waals surface area contributed by atoms with Gasteiger partial charge in [0.25, 0.3) is 0 Å². The van der Waals surface area contributed by atoms with Crippen molar-refractivity contribution in [3.8, 4) is 0 Å². The van der Waals surface area contributed by atoms with Crippen LogP contribution in [-0.2, 0) is 0 Å². The van der Waals surface area contributed by atoms with Crippen LogP contribution in [0.15, 0.2) is 0 Å². The smallest absolute Gasteiger partial charge is 0.0793 e. The first-order valence-electron chi connectivity index (χ1n) is 5.50. The zero-order chi connectivity index (χ0) is 10.4. The number of likely N-dealkylation sites (N-methyl/N-ethyl adjacent to an activating group) is 1. The molecule has 0 aliphatic carbocycles. The molecule has 1 saturated heterocycles. The molecule has 1 aliphatic heterocycles. The van der Waals surface area contributed by atoms with Crippen molar-refractivity contribution in [3.63, 3.8) is 0 Å². The van der Waals surface area contributed by atoms with Gasteiger partial charge < -0.3 is 15.1 Å². The van der Waals surface area contributed by atoms with Gasteiger partial charge in [-0.25, -0.2) is 0 Å². The molecule has 0 aromatic heterocycles. The quantitative estimate of drug-likeness (QED) is 0.577. The minimum atomic E-state index is -0.276. The molecule has 1 fully saturated rings. The normalized spacial score (nSPS) is 19.7. The molecule has 0 amide bonds. The van der Waals surface area contributed by atoms with Crippen LogP contribution >= 0.6 is 0 Å². The molecular formula is C10H22N2O2. The van der Waals surface area contributed by atoms with E-state index in [1.807, 2.05) is 6.92 Å². The highest BCUT2D eigenvalue weighted by Crippen LogP contribution is 2.06. The first-order chi connectivity index (χ1) is 6.76. The first kappa shape index (κ1) is 11.9. The molecule has 0 saturated carbocycles. The third-order valence-electron chi connectivity index (χ3n) is 2.75. The van der Waals surface area contributed by atoms with E-state index in [4.69, 9.17) is 5.11 Å². The molecule has 1 aliphatic rings. The largest absolute Gasteiger partial charge is 0.395 e. The van der Waals surface area contributed by atoms with Gasteiger partial charge in [0.15, 0.2) is 0 Å². The Hall–Kier alpha value is -0.160. The summed E-state index contributed by atoms with van der Waals surface area (Å²) in [5.74, 6) is 0. The molecule has 0 spiro atoms. The Labute approximate surface area is 86.1 Å². The van der Waals surface area contributed by atoms with Gasteiger partial charge in [-0.2, -0.15) is 0 Å². The highest BCUT2D eigenvalue weighted by Gasteiger charge is 2.18. The van der Waals surface area contributed by atoms with Crippen LogP contribution in [0.5, 0.6) is 0 Å². The second-order valence-electron chi connectivity index (χ2n) is 3.92. The summed E-state index contributed by atoms with van der Waals surface area (Å²) in [6, 6.07) is 0. The van der Waals surface area contributed by atoms with Gasteiger partial charge in [0.1, 0.15) is 0 Å². The summed E-state index contributed by atoms with van der Waals surface area (Å²) in [6.45, 7) is 7.48. The number of aliphatic hydroxyl groups is 2. The molecule has 0 bridgehead atoms. The molecule has 1 rings (SSSR count). The fourth-order valence-electron chi connectivity index (χ4n) is 1.74. The van der Waals surface area contributed by atoms with Gasteiger partial charge >= 0.3 is 0 Å². The summed E-state index contributed by atoms with van der Waals surface area (Å²) in [4.78, 5) is 4.34. The van der Waals surface area contributed by atoms with Crippen molar-refractivity contribution in [2.45, 2.75) is 19.4 Å². The van der Waals surface area contributed by atoms with Gasteiger partial charge in [-0.15, -0.1) is 0 Å². The van der Waals surface area contributed by atoms with Crippen molar-refractivity contribution in [3.05, 3.63) is 0 Å². The molecule has 1 atom stereocenters. The Morgan fingerprint density at radius 2 is 2.14 bits per heavy atom. The minimum Gasteiger partial charge on any atom is -0.395 e. The number of aliphatic hydroxyl groups excluding tert-OH is 2. The van der Waals surface area contributed by atoms with Gasteiger partial charge in [-0.05, 0) is 26.1 Å². The third kappa shape index (κ3) is 3.92. The summed E-state index contributed by atoms with van der Waals surface area (Å²) in [6.07, 6.45) is 0.989. The molecule has 4 nitrogen and oxygen atoms in total. The van der Waals surface area contributed by atoms with E-state index in [0.29, 0.717) is 13.1 Å². The molecule has 0 aromatic rings. The van der Waals surface area contributed by atoms with Crippen LogP contribution in [0.4, 0.5) is 0 Å². The fourth-order valence-corrected chi connectivity index (χ4v) is 1.74. The minimum absolute atomic E-state index is 0.171. The molecule has 0 radical (unpaired) electrons. The van der Waals surface area contributed by atoms with E-state index in [0.717, 1.165) is 26.2 Å². The first-order valence-corrected chi connectivity index (χ1v) is 5.50. The number of hydrogen-bond donors (Lipinski definition) is 2. The predicted molar refractivity (Wildman–Crippen MR) is 56.3 cm³/mol. The highest BCUT2D eigenvalue weighted by molar-refractivity contribution is 4.74. The lowest BCUT2D eigenvalue weighted by Crippen LogP contribution is -2.46. The lowest BCUT2D eigenvalue weighted by atomic mass is 10.2. The second-order valence-corrected chi connectivity index (χ2v) is 3.92. The predicted octanol–water partition coefficient (Wildman–Crippen LogP) is -0.633. The van der Waals surface area contributed by atoms with Crippen LogP contribution in [-0.4, -0.2) is 72.0 Å². The lowest BCUT2D eigenvalue weighted by molar-refractivity contribution is 0.0487. The second kappa shape index (κ2) is 6.35. The van der Waals surface area contributed by atoms with Crippen molar-refractivity contribution in [1.29, 1.82) is 0 Å². The van der Waals surface area contributed by atoms with Crippen LogP contribution in [0.3, 0.4) is 0 Å². The Balaban J connectivity index is 2.12. The van der Waals surface area contributed by atoms with Gasteiger partial charge in [0, 0.05) is 19.6 Å². The van der Waals surface area contributed by atoms with Gasteiger partial charge in [-0.3, -0.25) is 4.90 Å². The standard InChI is InChI=1S/C10H22N2O2/c1-2-11(6-7-13)8-10(14)9-12-4-3-5-12/h10,13-14H,2-9H2,1H3. The average molecular weight is 202 g/mol. The number of β-amino-alcohol motifs (C(OH)–C–C–N with tert-alkyl or cyclic N) is 1. The van der Waals surface area contributed by atoms with E-state index in [9.17, 15) is 5.11 Å². The van der Waals surface area contributed by atoms with E-state index in [1.165, 1.54) is 6.42 Å². The van der Waals surface area contributed by atoms with Crippen molar-refractivity contribution in [2.24, 2.45) is 0 Å². The topological polar surface area (TPSA) is 46.9 Å². The highest BCUT2D eigenvalue weighted by atomic mass is 16.3. The number of nitrogens with zero attached hydrogens (tertiary/aromatic N) is 2. The van der Waals surface area contributed by atoms with Crippen molar-refractivity contribution in [2.75, 3.05) is 45.9 Å². The summed E-state index contributed by atoms with van der Waals surface area (Å²) in [5.41, 5.74) is 0. The molecule has 84 valence electrons. The SMILES string of the molecule is CCN(CCO)CC(O)CN1CCC1. The van der Waals surface area contributed by atoms with Crippen LogP contribution in [0, 0.1) is 0 Å². The van der Waals surface area contributed by atoms with E-state index >= 15 is 0 Å². The molecule has 14 heavy (non-hydrogen) atoms. The van der Waals surface area contributed by atoms with E-state index in [-0.39, 0.29) is 12.7 Å². The zero-order valence-corrected chi connectivity index (χ0v) is 9.02. The van der Waals surface area contributed by atoms with Crippen molar-refractivity contribution in [1.82, 2.24) is 9.80 Å². The summed E-state index contributed by atoms with van der Waals surface area (Å²) in [5, 5.41) is 18.5. The maximum Gasteiger partial charge on any atom is 0.0793 e. The Bertz CT molecular complexity index is 151. The molecule has 2 N–H and O–H groups in total. The fraction of sp³-hybridized carbons (Fsp3) is 1.00.